The number of carboxylic acids is 4. The van der Waals surface area contributed by atoms with Crippen molar-refractivity contribution < 1.29 is 65.9 Å². The van der Waals surface area contributed by atoms with Gasteiger partial charge in [-0.2, -0.15) is 26.3 Å². The first-order chi connectivity index (χ1) is 33.9. The zero-order chi connectivity index (χ0) is 53.9. The Kier molecular flexibility index (Phi) is 21.8. The van der Waals surface area contributed by atoms with E-state index in [-0.39, 0.29) is 22.3 Å². The molecule has 72 heavy (non-hydrogen) atoms. The number of carboxylic acid groups (broad SMARTS) is 4. The van der Waals surface area contributed by atoms with Gasteiger partial charge in [0, 0.05) is 53.4 Å². The molecule has 4 N–H and O–H groups in total. The van der Waals surface area contributed by atoms with Crippen LogP contribution in [0.1, 0.15) is 205 Å². The Hall–Kier alpha value is -7.42. The number of benzene rings is 4. The second kappa shape index (κ2) is 26.7. The molecule has 0 aromatic heterocycles. The van der Waals surface area contributed by atoms with Gasteiger partial charge < -0.3 is 20.4 Å². The van der Waals surface area contributed by atoms with E-state index in [0.29, 0.717) is 61.1 Å². The Bertz CT molecular complexity index is 2670. The Labute approximate surface area is 417 Å². The van der Waals surface area contributed by atoms with Gasteiger partial charge in [-0.15, -0.1) is 0 Å². The number of rotatable bonds is 16. The number of unbranched alkanes of at least 4 members (excludes halogenated alkanes) is 8. The smallest absolute Gasteiger partial charge is 0.411 e. The molecule has 8 nitrogen and oxygen atoms in total. The first-order valence-electron chi connectivity index (χ1n) is 23.5. The summed E-state index contributed by atoms with van der Waals surface area (Å²) in [7, 11) is 0. The molecule has 0 unspecified atom stereocenters. The van der Waals surface area contributed by atoms with Crippen molar-refractivity contribution in [1.29, 1.82) is 0 Å². The maximum atomic E-state index is 14.7. The van der Waals surface area contributed by atoms with E-state index in [1.165, 1.54) is 0 Å². The van der Waals surface area contributed by atoms with Crippen LogP contribution < -0.4 is 0 Å². The van der Waals surface area contributed by atoms with Gasteiger partial charge in [0.05, 0.1) is 22.3 Å². The molecule has 0 saturated heterocycles. The molecule has 4 aromatic carbocycles. The standard InChI is InChI=1S/C29H26F6O4.C29H32O4/c1-3-5-7-9-11-19-13-15-23(21(17-19)25(36)37)27(28(30,31)32,29(33,34)35)24-16-14-20(12-10-8-6-4-2)18-22(24)26(38)39;1-5-7-9-11-13-21-19-23(15-17-25(21)27(30)31)29(3,4)24-16-18-26(28(32)33)22(20-24)14-12-10-8-6-2/h13-18H,3-8H2,1-2H3,(H,36,37)(H,38,39);15-20H,5-10H2,1-4H3,(H,30,31)(H,32,33). The molecule has 0 saturated carbocycles. The summed E-state index contributed by atoms with van der Waals surface area (Å²) in [5, 5.41) is 38.5. The van der Waals surface area contributed by atoms with Crippen molar-refractivity contribution in [2.45, 2.75) is 142 Å². The van der Waals surface area contributed by atoms with E-state index >= 15 is 0 Å². The predicted octanol–water partition coefficient (Wildman–Crippen LogP) is 14.1. The minimum Gasteiger partial charge on any atom is -0.478 e. The van der Waals surface area contributed by atoms with Crippen molar-refractivity contribution in [3.63, 3.8) is 0 Å². The summed E-state index contributed by atoms with van der Waals surface area (Å²) in [6.45, 7) is 12.0. The minimum absolute atomic E-state index is 0.0957. The number of aromatic carboxylic acids is 4. The van der Waals surface area contributed by atoms with E-state index in [0.717, 1.165) is 74.6 Å². The molecule has 0 aliphatic rings. The van der Waals surface area contributed by atoms with E-state index in [1.807, 2.05) is 39.8 Å². The monoisotopic (exact) mass is 996 g/mol. The third kappa shape index (κ3) is 14.8. The molecular formula is C58H58F6O8. The number of alkyl halides is 6. The zero-order valence-electron chi connectivity index (χ0n) is 41.1. The van der Waals surface area contributed by atoms with Crippen LogP contribution in [0.25, 0.3) is 0 Å². The van der Waals surface area contributed by atoms with E-state index in [1.54, 1.807) is 24.3 Å². The van der Waals surface area contributed by atoms with Crippen LogP contribution in [-0.4, -0.2) is 56.7 Å². The van der Waals surface area contributed by atoms with Gasteiger partial charge in [-0.05, 0) is 96.5 Å². The molecule has 0 aliphatic carbocycles. The molecule has 0 amide bonds. The molecular weight excluding hydrogens is 939 g/mol. The van der Waals surface area contributed by atoms with Crippen molar-refractivity contribution in [1.82, 2.24) is 0 Å². The van der Waals surface area contributed by atoms with Crippen LogP contribution in [0.5, 0.6) is 0 Å². The molecule has 0 aliphatic heterocycles. The highest BCUT2D eigenvalue weighted by atomic mass is 19.4. The first-order valence-corrected chi connectivity index (χ1v) is 23.5. The summed E-state index contributed by atoms with van der Waals surface area (Å²) >= 11 is 0. The molecule has 380 valence electrons. The maximum Gasteiger partial charge on any atom is 0.411 e. The number of carbonyl (C=O) groups is 4. The van der Waals surface area contributed by atoms with Crippen molar-refractivity contribution in [3.8, 4) is 47.4 Å². The normalized spacial score (nSPS) is 11.2. The van der Waals surface area contributed by atoms with Crippen molar-refractivity contribution in [3.05, 3.63) is 140 Å². The first kappa shape index (κ1) is 58.9. The molecule has 4 aromatic rings. The molecule has 4 rings (SSSR count). The second-order valence-electron chi connectivity index (χ2n) is 17.3. The lowest BCUT2D eigenvalue weighted by atomic mass is 9.69. The topological polar surface area (TPSA) is 149 Å². The largest absolute Gasteiger partial charge is 0.478 e. The lowest BCUT2D eigenvalue weighted by molar-refractivity contribution is -0.288. The fourth-order valence-corrected chi connectivity index (χ4v) is 7.49. The average Bonchev–Trinajstić information content (AvgIpc) is 3.31. The van der Waals surface area contributed by atoms with E-state index < -0.39 is 69.3 Å². The fraction of sp³-hybridized carbons (Fsp3) is 0.379. The third-order valence-corrected chi connectivity index (χ3v) is 11.6. The van der Waals surface area contributed by atoms with Crippen LogP contribution in [0.15, 0.2) is 72.8 Å². The van der Waals surface area contributed by atoms with E-state index in [4.69, 9.17) is 0 Å². The predicted molar refractivity (Wildman–Crippen MR) is 264 cm³/mol. The Balaban J connectivity index is 0.000000386. The number of halogens is 6. The highest BCUT2D eigenvalue weighted by molar-refractivity contribution is 5.94. The molecule has 14 heteroatoms. The summed E-state index contributed by atoms with van der Waals surface area (Å²) in [6, 6.07) is 14.3. The van der Waals surface area contributed by atoms with Crippen LogP contribution >= 0.6 is 0 Å². The van der Waals surface area contributed by atoms with Gasteiger partial charge >= 0.3 is 36.2 Å². The van der Waals surface area contributed by atoms with Gasteiger partial charge in [-0.25, -0.2) is 19.2 Å². The van der Waals surface area contributed by atoms with Gasteiger partial charge in [0.15, 0.2) is 0 Å². The second-order valence-corrected chi connectivity index (χ2v) is 17.3. The quantitative estimate of drug-likeness (QED) is 0.0492. The molecule has 0 atom stereocenters. The summed E-state index contributed by atoms with van der Waals surface area (Å²) in [5.74, 6) is 16.6. The van der Waals surface area contributed by atoms with Crippen LogP contribution in [0.4, 0.5) is 26.3 Å². The summed E-state index contributed by atoms with van der Waals surface area (Å²) < 4.78 is 88.5. The lowest BCUT2D eigenvalue weighted by Crippen LogP contribution is -2.56. The van der Waals surface area contributed by atoms with Crippen LogP contribution in [-0.2, 0) is 10.8 Å². The van der Waals surface area contributed by atoms with Crippen LogP contribution in [0.3, 0.4) is 0 Å². The van der Waals surface area contributed by atoms with Gasteiger partial charge in [0.1, 0.15) is 0 Å². The van der Waals surface area contributed by atoms with E-state index in [2.05, 4.69) is 61.2 Å². The Morgan fingerprint density at radius 3 is 1.01 bits per heavy atom. The number of hydrogen-bond acceptors (Lipinski definition) is 4. The highest BCUT2D eigenvalue weighted by Gasteiger charge is 2.74. The molecule has 0 bridgehead atoms. The molecule has 0 heterocycles. The Morgan fingerprint density at radius 1 is 0.431 bits per heavy atom. The van der Waals surface area contributed by atoms with Crippen LogP contribution in [0.2, 0.25) is 0 Å². The van der Waals surface area contributed by atoms with Crippen LogP contribution in [0, 0.1) is 47.4 Å². The molecule has 0 fully saturated rings. The summed E-state index contributed by atoms with van der Waals surface area (Å²) in [4.78, 5) is 47.4. The summed E-state index contributed by atoms with van der Waals surface area (Å²) in [5.41, 5.74) is -8.46. The minimum atomic E-state index is -6.19. The van der Waals surface area contributed by atoms with Gasteiger partial charge in [-0.1, -0.05) is 139 Å². The van der Waals surface area contributed by atoms with Gasteiger partial charge in [0.2, 0.25) is 5.41 Å². The van der Waals surface area contributed by atoms with Gasteiger partial charge in [0.25, 0.3) is 0 Å². The lowest BCUT2D eigenvalue weighted by Gasteiger charge is -2.39. The Morgan fingerprint density at radius 2 is 0.736 bits per heavy atom. The fourth-order valence-electron chi connectivity index (χ4n) is 7.49. The number of hydrogen-bond donors (Lipinski definition) is 4. The third-order valence-electron chi connectivity index (χ3n) is 11.6. The van der Waals surface area contributed by atoms with Crippen molar-refractivity contribution in [2.75, 3.05) is 0 Å². The molecule has 0 radical (unpaired) electrons. The van der Waals surface area contributed by atoms with Crippen molar-refractivity contribution >= 4 is 23.9 Å². The maximum absolute atomic E-state index is 14.7. The highest BCUT2D eigenvalue weighted by Crippen LogP contribution is 2.58. The van der Waals surface area contributed by atoms with E-state index in [9.17, 15) is 65.9 Å². The molecule has 0 spiro atoms. The summed E-state index contributed by atoms with van der Waals surface area (Å²) in [6.07, 6.45) is -3.17. The SMILES string of the molecule is CCCCC#Cc1cc(C(C)(C)c2ccc(C(=O)O)c(C#CCCCC)c2)ccc1C(=O)O.CCCCC#Cc1ccc(C(c2ccc(C#CCCCC)cc2C(=O)O)(C(F)(F)F)C(F)(F)F)c(C(=O)O)c1. The van der Waals surface area contributed by atoms with Crippen molar-refractivity contribution in [2.24, 2.45) is 0 Å². The average molecular weight is 997 g/mol. The zero-order valence-corrected chi connectivity index (χ0v) is 41.1. The van der Waals surface area contributed by atoms with Gasteiger partial charge in [-0.3, -0.25) is 0 Å².